The molecule has 1 atom stereocenters. The Morgan fingerprint density at radius 3 is 2.66 bits per heavy atom. The number of hydrogen-bond acceptors (Lipinski definition) is 3. The van der Waals surface area contributed by atoms with Gasteiger partial charge in [0, 0.05) is 22.3 Å². The van der Waals surface area contributed by atoms with Gasteiger partial charge in [-0.2, -0.15) is 0 Å². The predicted octanol–water partition coefficient (Wildman–Crippen LogP) is 4.57. The molecule has 6 nitrogen and oxygen atoms in total. The van der Waals surface area contributed by atoms with Crippen molar-refractivity contribution in [3.8, 4) is 0 Å². The van der Waals surface area contributed by atoms with E-state index in [1.54, 1.807) is 12.1 Å². The molecule has 0 bridgehead atoms. The normalized spacial score (nSPS) is 16.5. The van der Waals surface area contributed by atoms with Crippen molar-refractivity contribution in [1.82, 2.24) is 4.98 Å². The molecule has 3 N–H and O–H groups in total. The summed E-state index contributed by atoms with van der Waals surface area (Å²) in [6, 6.07) is 10.8. The van der Waals surface area contributed by atoms with E-state index < -0.39 is 16.0 Å². The van der Waals surface area contributed by atoms with Crippen LogP contribution in [0.2, 0.25) is 0 Å². The van der Waals surface area contributed by atoms with Crippen LogP contribution in [0.3, 0.4) is 0 Å². The first-order valence-electron chi connectivity index (χ1n) is 9.87. The van der Waals surface area contributed by atoms with Gasteiger partial charge in [-0.05, 0) is 73.2 Å². The Balaban J connectivity index is 1.64. The number of carbonyl (C=O) groups is 1. The molecule has 152 valence electrons. The molecule has 0 radical (unpaired) electrons. The highest BCUT2D eigenvalue weighted by atomic mass is 32.2. The molecule has 29 heavy (non-hydrogen) atoms. The molecule has 0 saturated heterocycles. The van der Waals surface area contributed by atoms with Gasteiger partial charge in [-0.1, -0.05) is 19.8 Å². The van der Waals surface area contributed by atoms with Gasteiger partial charge in [0.15, 0.2) is 0 Å². The van der Waals surface area contributed by atoms with Crippen LogP contribution in [-0.2, 0) is 22.9 Å². The number of aromatic amines is 1. The van der Waals surface area contributed by atoms with Crippen molar-refractivity contribution in [2.45, 2.75) is 43.9 Å². The van der Waals surface area contributed by atoms with Crippen molar-refractivity contribution in [3.63, 3.8) is 0 Å². The second kappa shape index (κ2) is 7.55. The van der Waals surface area contributed by atoms with Crippen molar-refractivity contribution in [2.24, 2.45) is 5.92 Å². The minimum atomic E-state index is -3.78. The first-order valence-corrected chi connectivity index (χ1v) is 11.4. The van der Waals surface area contributed by atoms with Crippen LogP contribution in [0.4, 0.5) is 5.69 Å². The minimum Gasteiger partial charge on any atom is -0.478 e. The Kier molecular flexibility index (Phi) is 5.08. The van der Waals surface area contributed by atoms with Crippen molar-refractivity contribution in [3.05, 3.63) is 59.3 Å². The Morgan fingerprint density at radius 1 is 1.21 bits per heavy atom. The summed E-state index contributed by atoms with van der Waals surface area (Å²) in [6.07, 6.45) is 5.51. The number of carboxylic acids is 1. The lowest BCUT2D eigenvalue weighted by Crippen LogP contribution is -2.14. The highest BCUT2D eigenvalue weighted by Crippen LogP contribution is 2.34. The number of benzene rings is 2. The summed E-state index contributed by atoms with van der Waals surface area (Å²) in [7, 11) is -3.78. The average Bonchev–Trinajstić information content (AvgIpc) is 3.05. The molecule has 1 aliphatic rings. The standard InChI is InChI=1S/C22H24N2O4S/c1-2-3-14-4-10-20-18(12-14)19-13-17(9-11-21(19)23-20)29(27,28)24-16-7-5-15(6-8-16)22(25)26/h5-9,11,13-14,23-24H,2-4,10,12H2,1H3,(H,25,26). The van der Waals surface area contributed by atoms with E-state index in [1.807, 2.05) is 6.07 Å². The number of nitrogens with one attached hydrogen (secondary N) is 2. The van der Waals surface area contributed by atoms with E-state index in [2.05, 4.69) is 16.6 Å². The summed E-state index contributed by atoms with van der Waals surface area (Å²) < 4.78 is 28.3. The summed E-state index contributed by atoms with van der Waals surface area (Å²) in [5.74, 6) is -0.402. The summed E-state index contributed by atoms with van der Waals surface area (Å²) in [4.78, 5) is 14.6. The zero-order valence-electron chi connectivity index (χ0n) is 16.2. The lowest BCUT2D eigenvalue weighted by molar-refractivity contribution is 0.0697. The van der Waals surface area contributed by atoms with Gasteiger partial charge in [-0.3, -0.25) is 4.72 Å². The second-order valence-electron chi connectivity index (χ2n) is 7.67. The lowest BCUT2D eigenvalue weighted by Gasteiger charge is -2.21. The van der Waals surface area contributed by atoms with Crippen LogP contribution in [0.1, 0.15) is 47.8 Å². The summed E-state index contributed by atoms with van der Waals surface area (Å²) in [5, 5.41) is 9.95. The van der Waals surface area contributed by atoms with Crippen molar-refractivity contribution < 1.29 is 18.3 Å². The molecule has 0 spiro atoms. The zero-order chi connectivity index (χ0) is 20.6. The van der Waals surface area contributed by atoms with Gasteiger partial charge in [-0.25, -0.2) is 13.2 Å². The van der Waals surface area contributed by atoms with E-state index in [0.29, 0.717) is 11.6 Å². The third-order valence-corrected chi connectivity index (χ3v) is 7.03. The molecule has 1 aliphatic carbocycles. The Labute approximate surface area is 170 Å². The molecule has 3 aromatic rings. The van der Waals surface area contributed by atoms with E-state index >= 15 is 0 Å². The van der Waals surface area contributed by atoms with Crippen LogP contribution in [0, 0.1) is 5.92 Å². The van der Waals surface area contributed by atoms with E-state index in [0.717, 1.165) is 30.2 Å². The summed E-state index contributed by atoms with van der Waals surface area (Å²) >= 11 is 0. The van der Waals surface area contributed by atoms with E-state index in [1.165, 1.54) is 48.4 Å². The molecular formula is C22H24N2O4S. The summed E-state index contributed by atoms with van der Waals surface area (Å²) in [5.41, 5.74) is 3.87. The maximum absolute atomic E-state index is 12.9. The molecular weight excluding hydrogens is 388 g/mol. The number of fused-ring (bicyclic) bond motifs is 3. The summed E-state index contributed by atoms with van der Waals surface area (Å²) in [6.45, 7) is 2.20. The quantitative estimate of drug-likeness (QED) is 0.552. The number of sulfonamides is 1. The maximum atomic E-state index is 12.9. The van der Waals surface area contributed by atoms with E-state index in [9.17, 15) is 13.2 Å². The van der Waals surface area contributed by atoms with Gasteiger partial charge in [0.2, 0.25) is 0 Å². The molecule has 1 aromatic heterocycles. The van der Waals surface area contributed by atoms with E-state index in [-0.39, 0.29) is 10.5 Å². The van der Waals surface area contributed by atoms with Crippen molar-refractivity contribution in [2.75, 3.05) is 4.72 Å². The smallest absolute Gasteiger partial charge is 0.335 e. The number of aryl methyl sites for hydroxylation is 1. The monoisotopic (exact) mass is 412 g/mol. The van der Waals surface area contributed by atoms with Crippen LogP contribution in [0.15, 0.2) is 47.4 Å². The molecule has 2 aromatic carbocycles. The molecule has 7 heteroatoms. The molecule has 0 amide bonds. The third kappa shape index (κ3) is 3.87. The number of anilines is 1. The molecule has 0 fully saturated rings. The number of aromatic nitrogens is 1. The van der Waals surface area contributed by atoms with Gasteiger partial charge in [0.25, 0.3) is 10.0 Å². The fourth-order valence-electron chi connectivity index (χ4n) is 4.19. The molecule has 0 aliphatic heterocycles. The van der Waals surface area contributed by atoms with Crippen molar-refractivity contribution >= 4 is 32.6 Å². The van der Waals surface area contributed by atoms with Gasteiger partial charge >= 0.3 is 5.97 Å². The zero-order valence-corrected chi connectivity index (χ0v) is 17.1. The van der Waals surface area contributed by atoms with Crippen LogP contribution in [-0.4, -0.2) is 24.5 Å². The topological polar surface area (TPSA) is 99.3 Å². The van der Waals surface area contributed by atoms with Gasteiger partial charge < -0.3 is 10.1 Å². The Hall–Kier alpha value is -2.80. The maximum Gasteiger partial charge on any atom is 0.335 e. The third-order valence-electron chi connectivity index (χ3n) is 5.65. The Bertz CT molecular complexity index is 1160. The highest BCUT2D eigenvalue weighted by molar-refractivity contribution is 7.92. The highest BCUT2D eigenvalue weighted by Gasteiger charge is 2.23. The number of carboxylic acid groups (broad SMARTS) is 1. The van der Waals surface area contributed by atoms with Gasteiger partial charge in [0.05, 0.1) is 10.5 Å². The lowest BCUT2D eigenvalue weighted by atomic mass is 9.84. The van der Waals surface area contributed by atoms with Gasteiger partial charge in [0.1, 0.15) is 0 Å². The molecule has 1 unspecified atom stereocenters. The average molecular weight is 413 g/mol. The SMILES string of the molecule is CCCC1CCc2[nH]c3ccc(S(=O)(=O)Nc4ccc(C(=O)O)cc4)cc3c2C1. The number of H-pyrrole nitrogens is 1. The second-order valence-corrected chi connectivity index (χ2v) is 9.36. The first-order chi connectivity index (χ1) is 13.9. The first kappa shape index (κ1) is 19.5. The number of hydrogen-bond donors (Lipinski definition) is 3. The number of aromatic carboxylic acids is 1. The Morgan fingerprint density at radius 2 is 1.97 bits per heavy atom. The minimum absolute atomic E-state index is 0.106. The largest absolute Gasteiger partial charge is 0.478 e. The molecule has 0 saturated carbocycles. The fourth-order valence-corrected chi connectivity index (χ4v) is 5.27. The van der Waals surface area contributed by atoms with Crippen LogP contribution >= 0.6 is 0 Å². The van der Waals surface area contributed by atoms with Gasteiger partial charge in [-0.15, -0.1) is 0 Å². The molecule has 4 rings (SSSR count). The van der Waals surface area contributed by atoms with Crippen molar-refractivity contribution in [1.29, 1.82) is 0 Å². The molecule has 1 heterocycles. The van der Waals surface area contributed by atoms with Crippen LogP contribution in [0.25, 0.3) is 10.9 Å². The van der Waals surface area contributed by atoms with E-state index in [4.69, 9.17) is 5.11 Å². The van der Waals surface area contributed by atoms with Crippen LogP contribution in [0.5, 0.6) is 0 Å². The van der Waals surface area contributed by atoms with Crippen LogP contribution < -0.4 is 4.72 Å². The fraction of sp³-hybridized carbons (Fsp3) is 0.318. The number of rotatable bonds is 6. The predicted molar refractivity (Wildman–Crippen MR) is 113 cm³/mol.